The molecular formula is C27H33N11. The maximum absolute atomic E-state index is 9.52. The Bertz CT molecular complexity index is 1510. The first-order valence-electron chi connectivity index (χ1n) is 12.8. The molecule has 4 aromatic heterocycles. The second-order valence-electron chi connectivity index (χ2n) is 10.1. The van der Waals surface area contributed by atoms with E-state index in [0.29, 0.717) is 17.7 Å². The van der Waals surface area contributed by atoms with E-state index in [4.69, 9.17) is 20.8 Å². The van der Waals surface area contributed by atoms with Gasteiger partial charge in [-0.05, 0) is 71.5 Å². The van der Waals surface area contributed by atoms with Gasteiger partial charge in [-0.15, -0.1) is 0 Å². The average molecular weight is 512 g/mol. The van der Waals surface area contributed by atoms with E-state index in [1.807, 2.05) is 30.6 Å². The van der Waals surface area contributed by atoms with Gasteiger partial charge in [0.05, 0.1) is 17.3 Å². The van der Waals surface area contributed by atoms with E-state index in [1.54, 1.807) is 0 Å². The summed E-state index contributed by atoms with van der Waals surface area (Å²) >= 11 is 0. The zero-order valence-corrected chi connectivity index (χ0v) is 22.5. The Morgan fingerprint density at radius 1 is 1.16 bits per heavy atom. The van der Waals surface area contributed by atoms with Crippen molar-refractivity contribution < 1.29 is 0 Å². The van der Waals surface area contributed by atoms with Crippen molar-refractivity contribution in [3.05, 3.63) is 53.4 Å². The monoisotopic (exact) mass is 511 g/mol. The number of aryl methyl sites for hydroxylation is 2. The second-order valence-corrected chi connectivity index (χ2v) is 10.1. The number of rotatable bonds is 6. The van der Waals surface area contributed by atoms with Crippen LogP contribution in [0.3, 0.4) is 0 Å². The summed E-state index contributed by atoms with van der Waals surface area (Å²) in [6.45, 7) is 7.96. The molecule has 11 nitrogen and oxygen atoms in total. The number of hydrogen-bond acceptors (Lipinski definition) is 10. The van der Waals surface area contributed by atoms with E-state index >= 15 is 0 Å². The molecule has 0 amide bonds. The molecule has 11 heteroatoms. The van der Waals surface area contributed by atoms with Crippen LogP contribution in [0.15, 0.2) is 30.7 Å². The molecule has 0 spiro atoms. The SMILES string of the molecule is Cc1cc(-c2nc([C@H](C)Nc3ncnc(N)c3C#N)nn3ccc(C)c23)cc(N2CCC(N(C)C)CC2)n1. The summed E-state index contributed by atoms with van der Waals surface area (Å²) in [6.07, 6.45) is 5.49. The number of nitrogens with two attached hydrogens (primary N) is 1. The van der Waals surface area contributed by atoms with E-state index < -0.39 is 0 Å². The topological polar surface area (TPSA) is 137 Å². The fourth-order valence-corrected chi connectivity index (χ4v) is 5.03. The van der Waals surface area contributed by atoms with Gasteiger partial charge in [0.2, 0.25) is 0 Å². The second kappa shape index (κ2) is 10.2. The van der Waals surface area contributed by atoms with Gasteiger partial charge in [-0.25, -0.2) is 24.5 Å². The molecular weight excluding hydrogens is 478 g/mol. The lowest BCUT2D eigenvalue weighted by Crippen LogP contribution is -2.42. The number of aromatic nitrogens is 6. The summed E-state index contributed by atoms with van der Waals surface area (Å²) in [7, 11) is 4.30. The summed E-state index contributed by atoms with van der Waals surface area (Å²) in [6, 6.07) is 8.57. The molecule has 1 atom stereocenters. The Morgan fingerprint density at radius 2 is 1.92 bits per heavy atom. The fourth-order valence-electron chi connectivity index (χ4n) is 5.03. The molecule has 0 unspecified atom stereocenters. The number of hydrogen-bond donors (Lipinski definition) is 2. The zero-order chi connectivity index (χ0) is 27.0. The molecule has 38 heavy (non-hydrogen) atoms. The highest BCUT2D eigenvalue weighted by Gasteiger charge is 2.23. The maximum atomic E-state index is 9.52. The molecule has 0 aromatic carbocycles. The van der Waals surface area contributed by atoms with E-state index in [2.05, 4.69) is 64.3 Å². The van der Waals surface area contributed by atoms with Crippen LogP contribution in [-0.2, 0) is 0 Å². The van der Waals surface area contributed by atoms with Crippen molar-refractivity contribution in [2.24, 2.45) is 0 Å². The van der Waals surface area contributed by atoms with Crippen molar-refractivity contribution in [1.29, 1.82) is 5.26 Å². The highest BCUT2D eigenvalue weighted by molar-refractivity contribution is 5.81. The first kappa shape index (κ1) is 25.4. The minimum atomic E-state index is -0.352. The van der Waals surface area contributed by atoms with Crippen molar-refractivity contribution in [1.82, 2.24) is 34.4 Å². The third-order valence-corrected chi connectivity index (χ3v) is 7.19. The summed E-state index contributed by atoms with van der Waals surface area (Å²) in [5.41, 5.74) is 10.9. The van der Waals surface area contributed by atoms with Gasteiger partial charge in [0.25, 0.3) is 0 Å². The molecule has 5 rings (SSSR count). The van der Waals surface area contributed by atoms with Crippen molar-refractivity contribution in [3.63, 3.8) is 0 Å². The van der Waals surface area contributed by atoms with Crippen molar-refractivity contribution in [2.45, 2.75) is 45.7 Å². The summed E-state index contributed by atoms with van der Waals surface area (Å²) in [5, 5.41) is 17.5. The predicted molar refractivity (Wildman–Crippen MR) is 148 cm³/mol. The number of nitrogen functional groups attached to an aromatic ring is 1. The van der Waals surface area contributed by atoms with Gasteiger partial charge in [0.1, 0.15) is 35.4 Å². The molecule has 0 bridgehead atoms. The van der Waals surface area contributed by atoms with E-state index in [9.17, 15) is 5.26 Å². The molecule has 1 saturated heterocycles. The van der Waals surface area contributed by atoms with Gasteiger partial charge in [-0.3, -0.25) is 0 Å². The lowest BCUT2D eigenvalue weighted by atomic mass is 10.0. The van der Waals surface area contributed by atoms with Crippen LogP contribution in [0.1, 0.15) is 48.5 Å². The highest BCUT2D eigenvalue weighted by Crippen LogP contribution is 2.31. The molecule has 1 aliphatic heterocycles. The first-order valence-corrected chi connectivity index (χ1v) is 12.8. The number of pyridine rings is 1. The van der Waals surface area contributed by atoms with Crippen LogP contribution in [0.25, 0.3) is 16.8 Å². The third kappa shape index (κ3) is 4.82. The van der Waals surface area contributed by atoms with Gasteiger partial charge < -0.3 is 20.9 Å². The van der Waals surface area contributed by atoms with Crippen LogP contribution >= 0.6 is 0 Å². The Kier molecular flexibility index (Phi) is 6.82. The molecule has 0 aliphatic carbocycles. The first-order chi connectivity index (χ1) is 18.2. The normalized spacial score (nSPS) is 15.1. The third-order valence-electron chi connectivity index (χ3n) is 7.19. The number of nitrogens with zero attached hydrogens (tertiary/aromatic N) is 9. The highest BCUT2D eigenvalue weighted by atomic mass is 15.3. The predicted octanol–water partition coefficient (Wildman–Crippen LogP) is 3.36. The van der Waals surface area contributed by atoms with Crippen LogP contribution < -0.4 is 16.0 Å². The Hall–Kier alpha value is -4.30. The molecule has 4 aromatic rings. The number of anilines is 3. The van der Waals surface area contributed by atoms with Crippen LogP contribution in [0.4, 0.5) is 17.5 Å². The number of nitriles is 1. The van der Waals surface area contributed by atoms with Crippen molar-refractivity contribution in [2.75, 3.05) is 43.1 Å². The van der Waals surface area contributed by atoms with Gasteiger partial charge in [-0.2, -0.15) is 10.4 Å². The number of fused-ring (bicyclic) bond motifs is 1. The summed E-state index contributed by atoms with van der Waals surface area (Å²) in [5.74, 6) is 2.02. The Balaban J connectivity index is 1.53. The minimum absolute atomic E-state index is 0.129. The van der Waals surface area contributed by atoms with Gasteiger partial charge >= 0.3 is 0 Å². The minimum Gasteiger partial charge on any atom is -0.382 e. The number of nitrogens with one attached hydrogen (secondary N) is 1. The summed E-state index contributed by atoms with van der Waals surface area (Å²) in [4.78, 5) is 22.7. The van der Waals surface area contributed by atoms with Crippen molar-refractivity contribution >= 4 is 23.0 Å². The molecule has 0 saturated carbocycles. The number of piperidine rings is 1. The largest absolute Gasteiger partial charge is 0.382 e. The molecule has 5 heterocycles. The van der Waals surface area contributed by atoms with Crippen molar-refractivity contribution in [3.8, 4) is 17.3 Å². The van der Waals surface area contributed by atoms with E-state index in [-0.39, 0.29) is 17.4 Å². The smallest absolute Gasteiger partial charge is 0.171 e. The summed E-state index contributed by atoms with van der Waals surface area (Å²) < 4.78 is 1.86. The average Bonchev–Trinajstić information content (AvgIpc) is 3.28. The molecule has 0 radical (unpaired) electrons. The lowest BCUT2D eigenvalue weighted by molar-refractivity contribution is 0.249. The lowest BCUT2D eigenvalue weighted by Gasteiger charge is -2.36. The fraction of sp³-hybridized carbons (Fsp3) is 0.407. The molecule has 196 valence electrons. The van der Waals surface area contributed by atoms with Crippen LogP contribution in [0.5, 0.6) is 0 Å². The zero-order valence-electron chi connectivity index (χ0n) is 22.5. The molecule has 3 N–H and O–H groups in total. The van der Waals surface area contributed by atoms with Gasteiger partial charge in [-0.1, -0.05) is 0 Å². The quantitative estimate of drug-likeness (QED) is 0.396. The van der Waals surface area contributed by atoms with E-state index in [0.717, 1.165) is 59.8 Å². The van der Waals surface area contributed by atoms with Crippen LogP contribution in [0, 0.1) is 25.2 Å². The van der Waals surface area contributed by atoms with Crippen LogP contribution in [0.2, 0.25) is 0 Å². The standard InChI is InChI=1S/C27H33N11/c1-16-6-11-38-24(16)23(34-26(35-38)18(3)33-27-21(14-28)25(29)30-15-31-27)19-12-17(2)32-22(13-19)37-9-7-20(8-10-37)36(4)5/h6,11-13,15,18,20H,7-10H2,1-5H3,(H3,29,30,31,33)/t18-/m0/s1. The molecule has 1 aliphatic rings. The maximum Gasteiger partial charge on any atom is 0.171 e. The molecule has 1 fully saturated rings. The van der Waals surface area contributed by atoms with Crippen LogP contribution in [-0.4, -0.2) is 67.7 Å². The van der Waals surface area contributed by atoms with Gasteiger partial charge in [0, 0.05) is 36.6 Å². The Morgan fingerprint density at radius 3 is 2.63 bits per heavy atom. The Labute approximate surface area is 222 Å². The van der Waals surface area contributed by atoms with Gasteiger partial charge in [0.15, 0.2) is 5.82 Å². The van der Waals surface area contributed by atoms with E-state index in [1.165, 1.54) is 6.33 Å².